The van der Waals surface area contributed by atoms with Gasteiger partial charge in [0.2, 0.25) is 0 Å². The highest BCUT2D eigenvalue weighted by Gasteiger charge is 2.26. The van der Waals surface area contributed by atoms with Crippen LogP contribution in [0.1, 0.15) is 32.3 Å². The number of ether oxygens (including phenoxy) is 1. The molecule has 20 heavy (non-hydrogen) atoms. The van der Waals surface area contributed by atoms with Gasteiger partial charge in [-0.2, -0.15) is 5.26 Å². The van der Waals surface area contributed by atoms with Crippen molar-refractivity contribution in [2.24, 2.45) is 5.92 Å². The van der Waals surface area contributed by atoms with Crippen LogP contribution >= 0.6 is 0 Å². The number of hydrogen-bond donors (Lipinski definition) is 0. The summed E-state index contributed by atoms with van der Waals surface area (Å²) >= 11 is 0. The molecular weight excluding hydrogens is 252 g/mol. The molecule has 1 aliphatic rings. The van der Waals surface area contributed by atoms with Crippen LogP contribution in [0.15, 0.2) is 24.3 Å². The number of piperidine rings is 1. The van der Waals surface area contributed by atoms with E-state index in [1.54, 1.807) is 24.3 Å². The zero-order chi connectivity index (χ0) is 14.5. The average molecular weight is 272 g/mol. The Morgan fingerprint density at radius 1 is 1.35 bits per heavy atom. The molecule has 4 heteroatoms. The predicted octanol–water partition coefficient (Wildman–Crippen LogP) is 2.58. The lowest BCUT2D eigenvalue weighted by Crippen LogP contribution is -2.46. The van der Waals surface area contributed by atoms with Crippen molar-refractivity contribution in [3.05, 3.63) is 29.8 Å². The van der Waals surface area contributed by atoms with E-state index in [0.29, 0.717) is 23.3 Å². The van der Waals surface area contributed by atoms with E-state index >= 15 is 0 Å². The minimum Gasteiger partial charge on any atom is -0.484 e. The Balaban J connectivity index is 1.89. The Labute approximate surface area is 120 Å². The second-order valence-electron chi connectivity index (χ2n) is 5.50. The highest BCUT2D eigenvalue weighted by Crippen LogP contribution is 2.21. The Morgan fingerprint density at radius 3 is 2.70 bits per heavy atom. The SMILES string of the molecule is CC1CCC(C)N(C(=O)COc2ccc(C#N)cc2)C1. The average Bonchev–Trinajstić information content (AvgIpc) is 2.47. The van der Waals surface area contributed by atoms with E-state index in [1.165, 1.54) is 6.42 Å². The topological polar surface area (TPSA) is 53.3 Å². The van der Waals surface area contributed by atoms with Crippen molar-refractivity contribution in [1.82, 2.24) is 4.90 Å². The molecule has 0 saturated carbocycles. The van der Waals surface area contributed by atoms with Gasteiger partial charge in [-0.25, -0.2) is 0 Å². The molecule has 0 spiro atoms. The van der Waals surface area contributed by atoms with Crippen LogP contribution in [0.3, 0.4) is 0 Å². The quantitative estimate of drug-likeness (QED) is 0.849. The smallest absolute Gasteiger partial charge is 0.260 e. The van der Waals surface area contributed by atoms with Crippen molar-refractivity contribution in [3.63, 3.8) is 0 Å². The van der Waals surface area contributed by atoms with Crippen molar-refractivity contribution in [1.29, 1.82) is 5.26 Å². The van der Waals surface area contributed by atoms with Crippen LogP contribution in [0, 0.1) is 17.2 Å². The largest absolute Gasteiger partial charge is 0.484 e. The van der Waals surface area contributed by atoms with Gasteiger partial charge in [-0.15, -0.1) is 0 Å². The summed E-state index contributed by atoms with van der Waals surface area (Å²) in [5.74, 6) is 1.22. The molecule has 1 aromatic rings. The molecule has 1 heterocycles. The molecule has 1 saturated heterocycles. The molecule has 1 aromatic carbocycles. The minimum atomic E-state index is 0.0356. The highest BCUT2D eigenvalue weighted by molar-refractivity contribution is 5.78. The van der Waals surface area contributed by atoms with E-state index in [2.05, 4.69) is 19.9 Å². The van der Waals surface area contributed by atoms with Gasteiger partial charge in [-0.3, -0.25) is 4.79 Å². The van der Waals surface area contributed by atoms with Crippen molar-refractivity contribution in [2.45, 2.75) is 32.7 Å². The third kappa shape index (κ3) is 3.51. The van der Waals surface area contributed by atoms with E-state index in [9.17, 15) is 4.79 Å². The minimum absolute atomic E-state index is 0.0356. The number of carbonyl (C=O) groups excluding carboxylic acids is 1. The van der Waals surface area contributed by atoms with Crippen LogP contribution in [0.5, 0.6) is 5.75 Å². The lowest BCUT2D eigenvalue weighted by Gasteiger charge is -2.36. The van der Waals surface area contributed by atoms with Crippen molar-refractivity contribution in [3.8, 4) is 11.8 Å². The molecule has 1 amide bonds. The fourth-order valence-corrected chi connectivity index (χ4v) is 2.49. The van der Waals surface area contributed by atoms with Crippen LogP contribution in [-0.2, 0) is 4.79 Å². The molecule has 4 nitrogen and oxygen atoms in total. The molecule has 0 aromatic heterocycles. The fraction of sp³-hybridized carbons (Fsp3) is 0.500. The molecule has 2 atom stereocenters. The van der Waals surface area contributed by atoms with Crippen molar-refractivity contribution < 1.29 is 9.53 Å². The summed E-state index contributed by atoms with van der Waals surface area (Å²) in [6, 6.07) is 9.15. The van der Waals surface area contributed by atoms with Crippen molar-refractivity contribution in [2.75, 3.05) is 13.2 Å². The molecule has 0 bridgehead atoms. The first-order chi connectivity index (χ1) is 9.60. The van der Waals surface area contributed by atoms with Gasteiger partial charge in [0.25, 0.3) is 5.91 Å². The van der Waals surface area contributed by atoms with Crippen LogP contribution in [0.4, 0.5) is 0 Å². The van der Waals surface area contributed by atoms with Crippen LogP contribution in [0.2, 0.25) is 0 Å². The van der Waals surface area contributed by atoms with Gasteiger partial charge < -0.3 is 9.64 Å². The molecule has 1 fully saturated rings. The van der Waals surface area contributed by atoms with E-state index in [-0.39, 0.29) is 12.5 Å². The monoisotopic (exact) mass is 272 g/mol. The fourth-order valence-electron chi connectivity index (χ4n) is 2.49. The van der Waals surface area contributed by atoms with Gasteiger partial charge in [-0.05, 0) is 49.9 Å². The second kappa shape index (κ2) is 6.42. The zero-order valence-corrected chi connectivity index (χ0v) is 12.0. The molecule has 2 unspecified atom stereocenters. The molecule has 1 aliphatic heterocycles. The maximum absolute atomic E-state index is 12.2. The van der Waals surface area contributed by atoms with Crippen LogP contribution < -0.4 is 4.74 Å². The maximum Gasteiger partial charge on any atom is 0.260 e. The lowest BCUT2D eigenvalue weighted by atomic mass is 9.95. The Bertz CT molecular complexity index is 504. The summed E-state index contributed by atoms with van der Waals surface area (Å²) in [6.07, 6.45) is 2.24. The van der Waals surface area contributed by atoms with Gasteiger partial charge >= 0.3 is 0 Å². The first kappa shape index (κ1) is 14.4. The number of nitriles is 1. The van der Waals surface area contributed by atoms with Crippen LogP contribution in [-0.4, -0.2) is 30.0 Å². The van der Waals surface area contributed by atoms with Gasteiger partial charge in [0.05, 0.1) is 11.6 Å². The standard InChI is InChI=1S/C16H20N2O2/c1-12-3-4-13(2)18(10-12)16(19)11-20-15-7-5-14(9-17)6-8-15/h5-8,12-13H,3-4,10-11H2,1-2H3. The lowest BCUT2D eigenvalue weighted by molar-refractivity contribution is -0.137. The third-order valence-electron chi connectivity index (χ3n) is 3.78. The number of rotatable bonds is 3. The molecule has 0 N–H and O–H groups in total. The van der Waals surface area contributed by atoms with Gasteiger partial charge in [0, 0.05) is 12.6 Å². The summed E-state index contributed by atoms with van der Waals surface area (Å²) < 4.78 is 5.50. The number of hydrogen-bond acceptors (Lipinski definition) is 3. The molecular formula is C16H20N2O2. The summed E-state index contributed by atoms with van der Waals surface area (Å²) in [7, 11) is 0. The van der Waals surface area contributed by atoms with Crippen molar-refractivity contribution >= 4 is 5.91 Å². The highest BCUT2D eigenvalue weighted by atomic mass is 16.5. The number of carbonyl (C=O) groups is 1. The first-order valence-corrected chi connectivity index (χ1v) is 7.02. The van der Waals surface area contributed by atoms with Crippen LogP contribution in [0.25, 0.3) is 0 Å². The molecule has 106 valence electrons. The maximum atomic E-state index is 12.2. The van der Waals surface area contributed by atoms with Gasteiger partial charge in [-0.1, -0.05) is 6.92 Å². The number of amides is 1. The van der Waals surface area contributed by atoms with E-state index in [0.717, 1.165) is 13.0 Å². The summed E-state index contributed by atoms with van der Waals surface area (Å²) in [5.41, 5.74) is 0.585. The first-order valence-electron chi connectivity index (χ1n) is 7.02. The van der Waals surface area contributed by atoms with Gasteiger partial charge in [0.15, 0.2) is 6.61 Å². The summed E-state index contributed by atoms with van der Waals surface area (Å²) in [5, 5.41) is 8.72. The van der Waals surface area contributed by atoms with E-state index in [1.807, 2.05) is 4.90 Å². The Hall–Kier alpha value is -2.02. The van der Waals surface area contributed by atoms with E-state index in [4.69, 9.17) is 10.00 Å². The van der Waals surface area contributed by atoms with E-state index < -0.39 is 0 Å². The number of benzene rings is 1. The molecule has 0 radical (unpaired) electrons. The zero-order valence-electron chi connectivity index (χ0n) is 12.0. The predicted molar refractivity (Wildman–Crippen MR) is 76.2 cm³/mol. The van der Waals surface area contributed by atoms with Gasteiger partial charge in [0.1, 0.15) is 5.75 Å². The summed E-state index contributed by atoms with van der Waals surface area (Å²) in [4.78, 5) is 14.1. The Morgan fingerprint density at radius 2 is 2.05 bits per heavy atom. The normalized spacial score (nSPS) is 22.1. The summed E-state index contributed by atoms with van der Waals surface area (Å²) in [6.45, 7) is 5.14. The number of likely N-dealkylation sites (tertiary alicyclic amines) is 1. The second-order valence-corrected chi connectivity index (χ2v) is 5.50. The third-order valence-corrected chi connectivity index (χ3v) is 3.78. The number of nitrogens with zero attached hydrogens (tertiary/aromatic N) is 2. The molecule has 2 rings (SSSR count). The molecule has 0 aliphatic carbocycles. The Kier molecular flexibility index (Phi) is 4.62.